The minimum absolute atomic E-state index is 0.316. The van der Waals surface area contributed by atoms with E-state index in [0.717, 1.165) is 40.1 Å². The maximum atomic E-state index is 12.7. The summed E-state index contributed by atoms with van der Waals surface area (Å²) in [4.78, 5) is 12.6. The lowest BCUT2D eigenvalue weighted by atomic mass is 10.0. The van der Waals surface area contributed by atoms with Crippen LogP contribution in [0.1, 0.15) is 42.9 Å². The molecule has 0 atom stereocenters. The van der Waals surface area contributed by atoms with Gasteiger partial charge in [0, 0.05) is 25.8 Å². The molecule has 7 nitrogen and oxygen atoms in total. The van der Waals surface area contributed by atoms with E-state index in [0.29, 0.717) is 37.5 Å². The molecule has 0 aliphatic rings. The predicted molar refractivity (Wildman–Crippen MR) is 114 cm³/mol. The van der Waals surface area contributed by atoms with Crippen LogP contribution in [0, 0.1) is 6.92 Å². The van der Waals surface area contributed by atoms with Gasteiger partial charge in [-0.15, -0.1) is 0 Å². The Kier molecular flexibility index (Phi) is 7.00. The molecule has 0 amide bonds. The van der Waals surface area contributed by atoms with E-state index in [-0.39, 0.29) is 0 Å². The van der Waals surface area contributed by atoms with E-state index in [1.54, 1.807) is 12.3 Å². The van der Waals surface area contributed by atoms with Gasteiger partial charge in [0.1, 0.15) is 11.3 Å². The summed E-state index contributed by atoms with van der Waals surface area (Å²) in [5.74, 6) is 0.843. The van der Waals surface area contributed by atoms with Crippen molar-refractivity contribution < 1.29 is 13.2 Å². The van der Waals surface area contributed by atoms with Gasteiger partial charge in [0.15, 0.2) is 0 Å². The van der Waals surface area contributed by atoms with Gasteiger partial charge in [-0.25, -0.2) is 18.1 Å². The number of hydrogen-bond donors (Lipinski definition) is 2. The SMILES string of the molecule is CCCNS(=O)(=O)c1ccc(Cc2nccc3[nH]c(C)nc23)cc1CCOCC. The molecule has 1 aromatic carbocycles. The van der Waals surface area contributed by atoms with Gasteiger partial charge in [-0.3, -0.25) is 4.98 Å². The summed E-state index contributed by atoms with van der Waals surface area (Å²) in [6, 6.07) is 7.39. The first kappa shape index (κ1) is 21.4. The summed E-state index contributed by atoms with van der Waals surface area (Å²) < 4.78 is 33.5. The maximum absolute atomic E-state index is 12.7. The number of hydrogen-bond acceptors (Lipinski definition) is 5. The Hall–Kier alpha value is -2.29. The number of nitrogens with one attached hydrogen (secondary N) is 2. The molecule has 0 fully saturated rings. The molecule has 2 N–H and O–H groups in total. The molecule has 0 unspecified atom stereocenters. The van der Waals surface area contributed by atoms with Crippen LogP contribution in [0.15, 0.2) is 35.4 Å². The number of aromatic amines is 1. The Bertz CT molecular complexity index is 1080. The fourth-order valence-electron chi connectivity index (χ4n) is 3.28. The highest BCUT2D eigenvalue weighted by Crippen LogP contribution is 2.22. The molecular formula is C21H28N4O3S. The normalized spacial score (nSPS) is 12.0. The lowest BCUT2D eigenvalue weighted by molar-refractivity contribution is 0.150. The quantitative estimate of drug-likeness (QED) is 0.495. The van der Waals surface area contributed by atoms with Crippen molar-refractivity contribution in [3.8, 4) is 0 Å². The average molecular weight is 417 g/mol. The highest BCUT2D eigenvalue weighted by molar-refractivity contribution is 7.89. The van der Waals surface area contributed by atoms with Gasteiger partial charge in [-0.2, -0.15) is 0 Å². The van der Waals surface area contributed by atoms with Crippen LogP contribution < -0.4 is 4.72 Å². The summed E-state index contributed by atoms with van der Waals surface area (Å²) in [5, 5.41) is 0. The Morgan fingerprint density at radius 2 is 2.03 bits per heavy atom. The monoisotopic (exact) mass is 416 g/mol. The highest BCUT2D eigenvalue weighted by Gasteiger charge is 2.19. The van der Waals surface area contributed by atoms with E-state index in [1.165, 1.54) is 0 Å². The fourth-order valence-corrected chi connectivity index (χ4v) is 4.66. The second-order valence-corrected chi connectivity index (χ2v) is 8.67. The first-order valence-electron chi connectivity index (χ1n) is 9.94. The molecule has 0 saturated heterocycles. The molecule has 0 aliphatic heterocycles. The first-order valence-corrected chi connectivity index (χ1v) is 11.4. The van der Waals surface area contributed by atoms with Crippen LogP contribution in [0.4, 0.5) is 0 Å². The van der Waals surface area contributed by atoms with Crippen LogP contribution in [0.3, 0.4) is 0 Å². The molecular weight excluding hydrogens is 388 g/mol. The second kappa shape index (κ2) is 9.47. The van der Waals surface area contributed by atoms with E-state index in [4.69, 9.17) is 4.74 Å². The number of rotatable bonds is 10. The van der Waals surface area contributed by atoms with Crippen LogP contribution in [0.5, 0.6) is 0 Å². The van der Waals surface area contributed by atoms with Crippen LogP contribution in [0.25, 0.3) is 11.0 Å². The van der Waals surface area contributed by atoms with Gasteiger partial charge in [0.25, 0.3) is 0 Å². The Balaban J connectivity index is 1.94. The zero-order valence-electron chi connectivity index (χ0n) is 17.2. The number of sulfonamides is 1. The standard InChI is InChI=1S/C21H28N4O3S/c1-4-10-23-29(26,27)20-7-6-16(13-17(20)9-12-28-5-2)14-19-21-18(8-11-22-19)24-15(3)25-21/h6-8,11,13,23H,4-5,9-10,12,14H2,1-3H3,(H,24,25). The fraction of sp³-hybridized carbons (Fsp3) is 0.429. The predicted octanol–water partition coefficient (Wildman–Crippen LogP) is 3.12. The molecule has 0 aliphatic carbocycles. The minimum atomic E-state index is -3.55. The van der Waals surface area contributed by atoms with Crippen molar-refractivity contribution in [1.29, 1.82) is 0 Å². The first-order chi connectivity index (χ1) is 13.9. The van der Waals surface area contributed by atoms with Crippen molar-refractivity contribution in [2.75, 3.05) is 19.8 Å². The van der Waals surface area contributed by atoms with Gasteiger partial charge < -0.3 is 9.72 Å². The molecule has 3 aromatic rings. The molecule has 0 saturated carbocycles. The number of H-pyrrole nitrogens is 1. The van der Waals surface area contributed by atoms with Gasteiger partial charge in [0.2, 0.25) is 10.0 Å². The summed E-state index contributed by atoms with van der Waals surface area (Å²) >= 11 is 0. The van der Waals surface area contributed by atoms with Crippen LogP contribution >= 0.6 is 0 Å². The molecule has 29 heavy (non-hydrogen) atoms. The molecule has 0 spiro atoms. The van der Waals surface area contributed by atoms with Gasteiger partial charge in [-0.05, 0) is 49.9 Å². The molecule has 0 bridgehead atoms. The Labute approximate surface area is 172 Å². The van der Waals surface area contributed by atoms with Gasteiger partial charge in [-0.1, -0.05) is 19.1 Å². The third-order valence-electron chi connectivity index (χ3n) is 4.64. The topological polar surface area (TPSA) is 97.0 Å². The molecule has 2 heterocycles. The van der Waals surface area contributed by atoms with Gasteiger partial charge >= 0.3 is 0 Å². The second-order valence-electron chi connectivity index (χ2n) is 6.94. The summed E-state index contributed by atoms with van der Waals surface area (Å²) in [6.45, 7) is 7.27. The molecule has 3 rings (SSSR count). The zero-order chi connectivity index (χ0) is 20.9. The van der Waals surface area contributed by atoms with Crippen molar-refractivity contribution in [3.63, 3.8) is 0 Å². The molecule has 2 aromatic heterocycles. The van der Waals surface area contributed by atoms with E-state index in [2.05, 4.69) is 19.7 Å². The minimum Gasteiger partial charge on any atom is -0.381 e. The lowest BCUT2D eigenvalue weighted by Crippen LogP contribution is -2.25. The largest absolute Gasteiger partial charge is 0.381 e. The van der Waals surface area contributed by atoms with Crippen molar-refractivity contribution in [3.05, 3.63) is 53.1 Å². The summed E-state index contributed by atoms with van der Waals surface area (Å²) in [5.41, 5.74) is 4.41. The Morgan fingerprint density at radius 3 is 2.79 bits per heavy atom. The van der Waals surface area contributed by atoms with Crippen LogP contribution in [-0.2, 0) is 27.6 Å². The highest BCUT2D eigenvalue weighted by atomic mass is 32.2. The smallest absolute Gasteiger partial charge is 0.240 e. The molecule has 0 radical (unpaired) electrons. The van der Waals surface area contributed by atoms with Crippen LogP contribution in [0.2, 0.25) is 0 Å². The summed E-state index contributed by atoms with van der Waals surface area (Å²) in [7, 11) is -3.55. The number of benzene rings is 1. The van der Waals surface area contributed by atoms with E-state index in [9.17, 15) is 8.42 Å². The number of imidazole rings is 1. The number of aromatic nitrogens is 3. The van der Waals surface area contributed by atoms with E-state index < -0.39 is 10.0 Å². The van der Waals surface area contributed by atoms with Crippen LogP contribution in [-0.4, -0.2) is 43.1 Å². The number of ether oxygens (including phenoxy) is 1. The third kappa shape index (κ3) is 5.20. The van der Waals surface area contributed by atoms with E-state index >= 15 is 0 Å². The van der Waals surface area contributed by atoms with Crippen molar-refractivity contribution >= 4 is 21.1 Å². The number of pyridine rings is 1. The number of fused-ring (bicyclic) bond motifs is 1. The lowest BCUT2D eigenvalue weighted by Gasteiger charge is -2.13. The molecule has 156 valence electrons. The van der Waals surface area contributed by atoms with Crippen molar-refractivity contribution in [2.45, 2.75) is 44.9 Å². The maximum Gasteiger partial charge on any atom is 0.240 e. The number of aryl methyl sites for hydroxylation is 1. The van der Waals surface area contributed by atoms with Crippen molar-refractivity contribution in [2.24, 2.45) is 0 Å². The third-order valence-corrected chi connectivity index (χ3v) is 6.20. The van der Waals surface area contributed by atoms with E-state index in [1.807, 2.05) is 39.0 Å². The Morgan fingerprint density at radius 1 is 1.21 bits per heavy atom. The zero-order valence-corrected chi connectivity index (χ0v) is 18.0. The van der Waals surface area contributed by atoms with Gasteiger partial charge in [0.05, 0.1) is 22.7 Å². The average Bonchev–Trinajstić information content (AvgIpc) is 3.08. The van der Waals surface area contributed by atoms with Crippen molar-refractivity contribution in [1.82, 2.24) is 19.7 Å². The number of nitrogens with zero attached hydrogens (tertiary/aromatic N) is 2. The molecule has 8 heteroatoms. The summed E-state index contributed by atoms with van der Waals surface area (Å²) in [6.07, 6.45) is 3.61.